The van der Waals surface area contributed by atoms with Gasteiger partial charge in [0.2, 0.25) is 11.8 Å². The second-order valence-electron chi connectivity index (χ2n) is 10.3. The Bertz CT molecular complexity index is 1440. The van der Waals surface area contributed by atoms with Gasteiger partial charge in [-0.2, -0.15) is 0 Å². The molecule has 1 N–H and O–H groups in total. The Morgan fingerprint density at radius 3 is 2.17 bits per heavy atom. The molecule has 1 aliphatic carbocycles. The van der Waals surface area contributed by atoms with Crippen molar-refractivity contribution in [1.29, 1.82) is 0 Å². The summed E-state index contributed by atoms with van der Waals surface area (Å²) < 4.78 is 40.1. The van der Waals surface area contributed by atoms with Crippen LogP contribution in [0, 0.1) is 0 Å². The van der Waals surface area contributed by atoms with Gasteiger partial charge >= 0.3 is 0 Å². The summed E-state index contributed by atoms with van der Waals surface area (Å²) in [6.45, 7) is 1.44. The first-order valence-corrected chi connectivity index (χ1v) is 15.7. The lowest BCUT2D eigenvalue weighted by molar-refractivity contribution is -0.140. The third-order valence-corrected chi connectivity index (χ3v) is 9.32. The summed E-state index contributed by atoms with van der Waals surface area (Å²) >= 11 is 0. The molecule has 0 aromatic heterocycles. The number of ether oxygens (including phenoxy) is 2. The van der Waals surface area contributed by atoms with Crippen molar-refractivity contribution < 1.29 is 27.5 Å². The number of amides is 2. The zero-order valence-electron chi connectivity index (χ0n) is 24.4. The molecule has 0 bridgehead atoms. The monoisotopic (exact) mass is 593 g/mol. The Balaban J connectivity index is 1.76. The number of hydrogen-bond acceptors (Lipinski definition) is 6. The number of carbonyl (C=O) groups is 2. The van der Waals surface area contributed by atoms with Gasteiger partial charge in [0.05, 0.1) is 24.8 Å². The zero-order chi connectivity index (χ0) is 30.1. The number of carbonyl (C=O) groups excluding carboxylic acids is 2. The molecule has 0 saturated heterocycles. The van der Waals surface area contributed by atoms with Crippen LogP contribution >= 0.6 is 0 Å². The van der Waals surface area contributed by atoms with Crippen LogP contribution in [0.1, 0.15) is 44.6 Å². The van der Waals surface area contributed by atoms with Gasteiger partial charge in [0, 0.05) is 18.7 Å². The molecule has 1 aliphatic rings. The van der Waals surface area contributed by atoms with E-state index in [1.807, 2.05) is 37.3 Å². The molecule has 1 fully saturated rings. The maximum atomic E-state index is 14.3. The van der Waals surface area contributed by atoms with Gasteiger partial charge in [0.25, 0.3) is 10.0 Å². The second-order valence-corrected chi connectivity index (χ2v) is 12.1. The van der Waals surface area contributed by atoms with E-state index < -0.39 is 28.5 Å². The first kappa shape index (κ1) is 30.9. The Labute approximate surface area is 248 Å². The Morgan fingerprint density at radius 1 is 0.929 bits per heavy atom. The molecule has 0 spiro atoms. The minimum atomic E-state index is -4.23. The summed E-state index contributed by atoms with van der Waals surface area (Å²) in [4.78, 5) is 29.3. The van der Waals surface area contributed by atoms with Crippen LogP contribution in [0.5, 0.6) is 11.5 Å². The lowest BCUT2D eigenvalue weighted by Crippen LogP contribution is -2.53. The van der Waals surface area contributed by atoms with Crippen LogP contribution in [0.15, 0.2) is 83.8 Å². The van der Waals surface area contributed by atoms with Crippen molar-refractivity contribution in [3.05, 3.63) is 84.4 Å². The maximum Gasteiger partial charge on any atom is 0.264 e. The van der Waals surface area contributed by atoms with Gasteiger partial charge in [-0.3, -0.25) is 13.9 Å². The largest absolute Gasteiger partial charge is 0.497 e. The van der Waals surface area contributed by atoms with E-state index in [1.54, 1.807) is 30.3 Å². The van der Waals surface area contributed by atoms with Gasteiger partial charge in [-0.05, 0) is 49.1 Å². The van der Waals surface area contributed by atoms with E-state index >= 15 is 0 Å². The predicted molar refractivity (Wildman–Crippen MR) is 162 cm³/mol. The minimum Gasteiger partial charge on any atom is -0.497 e. The number of sulfonamides is 1. The molecule has 4 rings (SSSR count). The first-order valence-electron chi connectivity index (χ1n) is 14.2. The van der Waals surface area contributed by atoms with E-state index in [1.165, 1.54) is 37.3 Å². The van der Waals surface area contributed by atoms with Crippen LogP contribution in [-0.4, -0.2) is 58.0 Å². The van der Waals surface area contributed by atoms with Crippen LogP contribution in [0.25, 0.3) is 0 Å². The molecule has 3 aromatic carbocycles. The van der Waals surface area contributed by atoms with Crippen molar-refractivity contribution in [3.8, 4) is 11.5 Å². The van der Waals surface area contributed by atoms with Gasteiger partial charge in [-0.1, -0.05) is 68.3 Å². The predicted octanol–water partition coefficient (Wildman–Crippen LogP) is 4.77. The molecule has 9 nitrogen and oxygen atoms in total. The molecular weight excluding hydrogens is 554 g/mol. The average molecular weight is 594 g/mol. The standard InChI is InChI=1S/C32H39N3O6S/c1-4-28(32(37)33-25-15-11-12-16-25)34(22-24-13-7-5-8-14-24)31(36)23-35(42(38,39)27-17-9-6-10-18-27)29-21-26(40-2)19-20-30(29)41-3/h5-10,13-14,17-21,25,28H,4,11-12,15-16,22-23H2,1-3H3,(H,33,37)/t28-/m0/s1. The number of hydrogen-bond donors (Lipinski definition) is 1. The topological polar surface area (TPSA) is 105 Å². The first-order chi connectivity index (χ1) is 20.3. The molecule has 3 aromatic rings. The number of benzene rings is 3. The molecule has 1 saturated carbocycles. The quantitative estimate of drug-likeness (QED) is 0.306. The van der Waals surface area contributed by atoms with Crippen LogP contribution in [0.2, 0.25) is 0 Å². The highest BCUT2D eigenvalue weighted by molar-refractivity contribution is 7.92. The van der Waals surface area contributed by atoms with Crippen LogP contribution in [0.3, 0.4) is 0 Å². The van der Waals surface area contributed by atoms with E-state index in [2.05, 4.69) is 5.32 Å². The fraction of sp³-hybridized carbons (Fsp3) is 0.375. The molecule has 0 radical (unpaired) electrons. The summed E-state index contributed by atoms with van der Waals surface area (Å²) in [6, 6.07) is 21.4. The van der Waals surface area contributed by atoms with Gasteiger partial charge in [-0.25, -0.2) is 8.42 Å². The fourth-order valence-electron chi connectivity index (χ4n) is 5.29. The molecule has 0 aliphatic heterocycles. The van der Waals surface area contributed by atoms with Crippen LogP contribution in [0.4, 0.5) is 5.69 Å². The molecule has 0 unspecified atom stereocenters. The summed E-state index contributed by atoms with van der Waals surface area (Å²) in [7, 11) is -1.33. The Hall–Kier alpha value is -4.05. The lowest BCUT2D eigenvalue weighted by atomic mass is 10.1. The Morgan fingerprint density at radius 2 is 1.57 bits per heavy atom. The minimum absolute atomic E-state index is 0.0169. The van der Waals surface area contributed by atoms with Crippen molar-refractivity contribution in [2.45, 2.75) is 62.6 Å². The summed E-state index contributed by atoms with van der Waals surface area (Å²) in [5.74, 6) is -0.0967. The van der Waals surface area contributed by atoms with E-state index in [4.69, 9.17) is 9.47 Å². The van der Waals surface area contributed by atoms with Crippen molar-refractivity contribution in [3.63, 3.8) is 0 Å². The summed E-state index contributed by atoms with van der Waals surface area (Å²) in [5.41, 5.74) is 0.978. The molecule has 224 valence electrons. The second kappa shape index (κ2) is 14.2. The number of methoxy groups -OCH3 is 2. The number of nitrogens with one attached hydrogen (secondary N) is 1. The smallest absolute Gasteiger partial charge is 0.264 e. The highest BCUT2D eigenvalue weighted by atomic mass is 32.2. The number of rotatable bonds is 13. The molecule has 2 amide bonds. The third kappa shape index (κ3) is 7.23. The van der Waals surface area contributed by atoms with Gasteiger partial charge in [0.15, 0.2) is 0 Å². The number of nitrogens with zero attached hydrogens (tertiary/aromatic N) is 2. The highest BCUT2D eigenvalue weighted by Crippen LogP contribution is 2.36. The molecule has 10 heteroatoms. The van der Waals surface area contributed by atoms with Crippen LogP contribution in [-0.2, 0) is 26.2 Å². The molecule has 1 atom stereocenters. The van der Waals surface area contributed by atoms with Gasteiger partial charge in [0.1, 0.15) is 24.1 Å². The molecule has 42 heavy (non-hydrogen) atoms. The van der Waals surface area contributed by atoms with E-state index in [-0.39, 0.29) is 34.8 Å². The molecular formula is C32H39N3O6S. The van der Waals surface area contributed by atoms with Gasteiger partial charge in [-0.15, -0.1) is 0 Å². The highest BCUT2D eigenvalue weighted by Gasteiger charge is 2.35. The van der Waals surface area contributed by atoms with Crippen LogP contribution < -0.4 is 19.1 Å². The lowest BCUT2D eigenvalue weighted by Gasteiger charge is -2.34. The normalized spacial score (nSPS) is 14.2. The summed E-state index contributed by atoms with van der Waals surface area (Å²) in [6.07, 6.45) is 4.30. The summed E-state index contributed by atoms with van der Waals surface area (Å²) in [5, 5.41) is 3.12. The zero-order valence-corrected chi connectivity index (χ0v) is 25.2. The number of anilines is 1. The Kier molecular flexibility index (Phi) is 10.5. The van der Waals surface area contributed by atoms with Gasteiger partial charge < -0.3 is 19.7 Å². The maximum absolute atomic E-state index is 14.3. The van der Waals surface area contributed by atoms with E-state index in [0.29, 0.717) is 12.2 Å². The van der Waals surface area contributed by atoms with Crippen molar-refractivity contribution in [2.24, 2.45) is 0 Å². The van der Waals surface area contributed by atoms with Crippen molar-refractivity contribution >= 4 is 27.5 Å². The molecule has 0 heterocycles. The van der Waals surface area contributed by atoms with E-state index in [9.17, 15) is 18.0 Å². The van der Waals surface area contributed by atoms with E-state index in [0.717, 1.165) is 35.6 Å². The average Bonchev–Trinajstić information content (AvgIpc) is 3.53. The van der Waals surface area contributed by atoms with Crippen molar-refractivity contribution in [1.82, 2.24) is 10.2 Å². The van der Waals surface area contributed by atoms with Crippen molar-refractivity contribution in [2.75, 3.05) is 25.1 Å². The third-order valence-electron chi connectivity index (χ3n) is 7.55. The SMILES string of the molecule is CC[C@@H](C(=O)NC1CCCC1)N(Cc1ccccc1)C(=O)CN(c1cc(OC)ccc1OC)S(=O)(=O)c1ccccc1. The fourth-order valence-corrected chi connectivity index (χ4v) is 6.73.